The van der Waals surface area contributed by atoms with E-state index in [-0.39, 0.29) is 17.2 Å². The van der Waals surface area contributed by atoms with Crippen LogP contribution < -0.4 is 14.8 Å². The van der Waals surface area contributed by atoms with Gasteiger partial charge in [0, 0.05) is 23.3 Å². The van der Waals surface area contributed by atoms with E-state index in [2.05, 4.69) is 15.5 Å². The molecule has 1 aromatic carbocycles. The van der Waals surface area contributed by atoms with Gasteiger partial charge in [-0.1, -0.05) is 11.2 Å². The minimum atomic E-state index is -0.608. The minimum Gasteiger partial charge on any atom is -0.493 e. The predicted molar refractivity (Wildman–Crippen MR) is 114 cm³/mol. The molecule has 31 heavy (non-hydrogen) atoms. The molecule has 0 radical (unpaired) electrons. The minimum absolute atomic E-state index is 0.172. The van der Waals surface area contributed by atoms with Crippen molar-refractivity contribution in [2.45, 2.75) is 49.8 Å². The molecule has 0 unspecified atom stereocenters. The first-order valence-electron chi connectivity index (χ1n) is 10.1. The Morgan fingerprint density at radius 3 is 2.74 bits per heavy atom. The van der Waals surface area contributed by atoms with E-state index >= 15 is 0 Å². The van der Waals surface area contributed by atoms with Gasteiger partial charge in [0.15, 0.2) is 17.3 Å². The number of methoxy groups -OCH3 is 2. The van der Waals surface area contributed by atoms with E-state index in [4.69, 9.17) is 14.0 Å². The summed E-state index contributed by atoms with van der Waals surface area (Å²) >= 11 is 1.61. The van der Waals surface area contributed by atoms with E-state index in [1.54, 1.807) is 29.7 Å². The standard InChI is InChI=1S/C21H26N4O5S/c1-11-23-14(30-24-11)7-6-10-22-18(26)17-21(2,3)31-20-12-8-9-13(28-4)16(29-5)15(12)19(27)25(17)20/h8-9,17,20H,6-7,10H2,1-5H3,(H,22,26)/t17-,20+/m0/s1. The van der Waals surface area contributed by atoms with Crippen LogP contribution in [0, 0.1) is 6.92 Å². The Hall–Kier alpha value is -2.75. The first-order valence-corrected chi connectivity index (χ1v) is 11.0. The number of ether oxygens (including phenoxy) is 2. The van der Waals surface area contributed by atoms with Gasteiger partial charge in [-0.05, 0) is 33.3 Å². The van der Waals surface area contributed by atoms with Gasteiger partial charge in [0.25, 0.3) is 5.91 Å². The van der Waals surface area contributed by atoms with Gasteiger partial charge in [0.1, 0.15) is 11.4 Å². The molecule has 2 aliphatic heterocycles. The summed E-state index contributed by atoms with van der Waals surface area (Å²) in [7, 11) is 3.05. The molecule has 1 fully saturated rings. The lowest BCUT2D eigenvalue weighted by Gasteiger charge is -2.29. The highest BCUT2D eigenvalue weighted by atomic mass is 32.2. The van der Waals surface area contributed by atoms with Gasteiger partial charge in [0.05, 0.1) is 19.8 Å². The van der Waals surface area contributed by atoms with E-state index in [1.807, 2.05) is 19.9 Å². The van der Waals surface area contributed by atoms with Crippen molar-refractivity contribution in [2.75, 3.05) is 20.8 Å². The van der Waals surface area contributed by atoms with Gasteiger partial charge < -0.3 is 24.2 Å². The van der Waals surface area contributed by atoms with Crippen LogP contribution in [0.3, 0.4) is 0 Å². The molecule has 2 atom stereocenters. The number of carbonyl (C=O) groups excluding carboxylic acids is 2. The lowest BCUT2D eigenvalue weighted by molar-refractivity contribution is -0.126. The molecule has 0 bridgehead atoms. The van der Waals surface area contributed by atoms with Crippen LogP contribution in [0.25, 0.3) is 0 Å². The number of nitrogens with zero attached hydrogens (tertiary/aromatic N) is 3. The number of amides is 2. The Bertz CT molecular complexity index is 1020. The highest BCUT2D eigenvalue weighted by Crippen LogP contribution is 2.58. The molecule has 1 aromatic heterocycles. The summed E-state index contributed by atoms with van der Waals surface area (Å²) in [5.41, 5.74) is 1.32. The van der Waals surface area contributed by atoms with E-state index < -0.39 is 10.8 Å². The van der Waals surface area contributed by atoms with Gasteiger partial charge >= 0.3 is 0 Å². The third-order valence-corrected chi connectivity index (χ3v) is 7.12. The average molecular weight is 447 g/mol. The maximum Gasteiger partial charge on any atom is 0.260 e. The van der Waals surface area contributed by atoms with Crippen molar-refractivity contribution >= 4 is 23.6 Å². The normalized spacial score (nSPS) is 21.1. The Labute approximate surface area is 184 Å². The molecule has 0 saturated carbocycles. The first-order chi connectivity index (χ1) is 14.8. The first kappa shape index (κ1) is 21.5. The zero-order valence-corrected chi connectivity index (χ0v) is 19.0. The Kier molecular flexibility index (Phi) is 5.59. The van der Waals surface area contributed by atoms with Gasteiger partial charge in [-0.3, -0.25) is 9.59 Å². The average Bonchev–Trinajstić information content (AvgIpc) is 3.35. The molecule has 2 amide bonds. The summed E-state index contributed by atoms with van der Waals surface area (Å²) in [5.74, 6) is 1.66. The van der Waals surface area contributed by atoms with Crippen LogP contribution in [0.4, 0.5) is 0 Å². The highest BCUT2D eigenvalue weighted by molar-refractivity contribution is 8.01. The van der Waals surface area contributed by atoms with Crippen LogP contribution in [-0.4, -0.2) is 58.4 Å². The molecular weight excluding hydrogens is 420 g/mol. The third kappa shape index (κ3) is 3.62. The third-order valence-electron chi connectivity index (χ3n) is 5.58. The lowest BCUT2D eigenvalue weighted by atomic mass is 10.0. The molecule has 0 spiro atoms. The molecule has 2 aliphatic rings. The number of nitrogens with one attached hydrogen (secondary N) is 1. The number of aromatic nitrogens is 2. The number of hydrogen-bond donors (Lipinski definition) is 1. The summed E-state index contributed by atoms with van der Waals surface area (Å²) < 4.78 is 15.5. The molecular formula is C21H26N4O5S. The SMILES string of the molecule is COc1ccc2c(c1OC)C(=O)N1[C@@H]2SC(C)(C)[C@@H]1C(=O)NCCCc1nc(C)no1. The van der Waals surface area contributed by atoms with Crippen molar-refractivity contribution in [3.63, 3.8) is 0 Å². The maximum atomic E-state index is 13.4. The molecule has 166 valence electrons. The quantitative estimate of drug-likeness (QED) is 0.647. The second kappa shape index (κ2) is 8.07. The van der Waals surface area contributed by atoms with E-state index in [0.29, 0.717) is 48.2 Å². The number of fused-ring (bicyclic) bond motifs is 3. The number of benzene rings is 1. The van der Waals surface area contributed by atoms with Crippen LogP contribution >= 0.6 is 11.8 Å². The number of hydrogen-bond acceptors (Lipinski definition) is 8. The Morgan fingerprint density at radius 1 is 1.32 bits per heavy atom. The fourth-order valence-corrected chi connectivity index (χ4v) is 5.82. The summed E-state index contributed by atoms with van der Waals surface area (Å²) in [6.45, 7) is 6.21. The van der Waals surface area contributed by atoms with Gasteiger partial charge in [-0.25, -0.2) is 0 Å². The predicted octanol–water partition coefficient (Wildman–Crippen LogP) is 2.49. The van der Waals surface area contributed by atoms with Gasteiger partial charge in [0.2, 0.25) is 11.8 Å². The summed E-state index contributed by atoms with van der Waals surface area (Å²) in [5, 5.41) is 6.50. The summed E-state index contributed by atoms with van der Waals surface area (Å²) in [6.07, 6.45) is 1.24. The second-order valence-corrected chi connectivity index (χ2v) is 9.82. The molecule has 0 aliphatic carbocycles. The monoisotopic (exact) mass is 446 g/mol. The molecule has 10 heteroatoms. The molecule has 1 saturated heterocycles. The zero-order valence-electron chi connectivity index (χ0n) is 18.2. The van der Waals surface area contributed by atoms with Crippen LogP contribution in [0.2, 0.25) is 0 Å². The largest absolute Gasteiger partial charge is 0.493 e. The van der Waals surface area contributed by atoms with Gasteiger partial charge in [-0.15, -0.1) is 11.8 Å². The maximum absolute atomic E-state index is 13.4. The van der Waals surface area contributed by atoms with Gasteiger partial charge in [-0.2, -0.15) is 4.98 Å². The molecule has 4 rings (SSSR count). The van der Waals surface area contributed by atoms with E-state index in [1.165, 1.54) is 14.2 Å². The number of aryl methyl sites for hydroxylation is 2. The van der Waals surface area contributed by atoms with Crippen molar-refractivity contribution in [3.8, 4) is 11.5 Å². The van der Waals surface area contributed by atoms with Crippen LogP contribution in [0.5, 0.6) is 11.5 Å². The van der Waals surface area contributed by atoms with Crippen molar-refractivity contribution in [3.05, 3.63) is 35.0 Å². The van der Waals surface area contributed by atoms with E-state index in [0.717, 1.165) is 5.56 Å². The molecule has 9 nitrogen and oxygen atoms in total. The Morgan fingerprint density at radius 2 is 2.10 bits per heavy atom. The van der Waals surface area contributed by atoms with Crippen LogP contribution in [-0.2, 0) is 11.2 Å². The second-order valence-electron chi connectivity index (χ2n) is 8.08. The fraction of sp³-hybridized carbons (Fsp3) is 0.524. The fourth-order valence-electron chi connectivity index (χ4n) is 4.25. The number of rotatable bonds is 7. The van der Waals surface area contributed by atoms with Crippen molar-refractivity contribution < 1.29 is 23.6 Å². The summed E-state index contributed by atoms with van der Waals surface area (Å²) in [6, 6.07) is 3.08. The van der Waals surface area contributed by atoms with Crippen molar-refractivity contribution in [2.24, 2.45) is 0 Å². The highest BCUT2D eigenvalue weighted by Gasteiger charge is 2.58. The number of thioether (sulfide) groups is 1. The Balaban J connectivity index is 1.51. The topological polar surface area (TPSA) is 107 Å². The van der Waals surface area contributed by atoms with Crippen molar-refractivity contribution in [1.29, 1.82) is 0 Å². The molecule has 3 heterocycles. The van der Waals surface area contributed by atoms with Crippen molar-refractivity contribution in [1.82, 2.24) is 20.4 Å². The van der Waals surface area contributed by atoms with E-state index in [9.17, 15) is 9.59 Å². The summed E-state index contributed by atoms with van der Waals surface area (Å²) in [4.78, 5) is 32.4. The molecule has 2 aromatic rings. The van der Waals surface area contributed by atoms with Crippen LogP contribution in [0.15, 0.2) is 16.7 Å². The molecule has 1 N–H and O–H groups in total. The smallest absolute Gasteiger partial charge is 0.260 e. The lowest BCUT2D eigenvalue weighted by Crippen LogP contribution is -2.52. The zero-order chi connectivity index (χ0) is 22.3. The number of carbonyl (C=O) groups is 2. The van der Waals surface area contributed by atoms with Crippen LogP contribution in [0.1, 0.15) is 53.3 Å².